The number of fused-ring (bicyclic) bond motifs is 22. The molecule has 0 fully saturated rings. The fourth-order valence-corrected chi connectivity index (χ4v) is 13.6. The number of nitrogens with zero attached hydrogens (tertiary/aromatic N) is 2. The Hall–Kier alpha value is -6.81. The quantitative estimate of drug-likeness (QED) is 0.166. The van der Waals surface area contributed by atoms with E-state index in [0.29, 0.717) is 0 Å². The van der Waals surface area contributed by atoms with Crippen molar-refractivity contribution >= 4 is 11.8 Å². The highest BCUT2D eigenvalue weighted by Gasteiger charge is 2.56. The summed E-state index contributed by atoms with van der Waals surface area (Å²) in [6.45, 7) is 4.75. The summed E-state index contributed by atoms with van der Waals surface area (Å²) in [4.78, 5) is 13.1. The second-order valence-electron chi connectivity index (χ2n) is 17.5. The van der Waals surface area contributed by atoms with Crippen LogP contribution in [0.3, 0.4) is 0 Å². The van der Waals surface area contributed by atoms with E-state index in [1.807, 2.05) is 18.0 Å². The van der Waals surface area contributed by atoms with Crippen LogP contribution < -0.4 is 0 Å². The summed E-state index contributed by atoms with van der Waals surface area (Å²) in [5.41, 5.74) is 24.2. The van der Waals surface area contributed by atoms with Crippen LogP contribution in [0.25, 0.3) is 55.9 Å². The molecule has 0 amide bonds. The molecule has 7 aromatic carbocycles. The minimum Gasteiger partial charge on any atom is -0.254 e. The molecule has 4 aliphatic carbocycles. The Morgan fingerprint density at radius 2 is 0.900 bits per heavy atom. The first-order chi connectivity index (χ1) is 29.5. The fraction of sp³-hybridized carbons (Fsp3) is 0.0877. The summed E-state index contributed by atoms with van der Waals surface area (Å²) in [7, 11) is 0. The van der Waals surface area contributed by atoms with Gasteiger partial charge in [-0.1, -0.05) is 165 Å². The van der Waals surface area contributed by atoms with Gasteiger partial charge in [-0.25, -0.2) is 0 Å². The van der Waals surface area contributed by atoms with Gasteiger partial charge in [-0.05, 0) is 119 Å². The van der Waals surface area contributed by atoms with Crippen molar-refractivity contribution in [3.8, 4) is 55.9 Å². The lowest BCUT2D eigenvalue weighted by Gasteiger charge is -2.40. The summed E-state index contributed by atoms with van der Waals surface area (Å²) in [6.07, 6.45) is 4.04. The number of rotatable bonds is 1. The minimum absolute atomic E-state index is 0.161. The lowest BCUT2D eigenvalue weighted by Crippen LogP contribution is -2.33. The van der Waals surface area contributed by atoms with Crippen LogP contribution in [-0.4, -0.2) is 9.97 Å². The van der Waals surface area contributed by atoms with Crippen molar-refractivity contribution < 1.29 is 0 Å². The maximum Gasteiger partial charge on any atom is 0.0937 e. The van der Waals surface area contributed by atoms with Gasteiger partial charge in [0.2, 0.25) is 0 Å². The molecule has 1 aliphatic heterocycles. The summed E-state index contributed by atoms with van der Waals surface area (Å²) >= 11 is 1.91. The number of hydrogen-bond donors (Lipinski definition) is 0. The average Bonchev–Trinajstić information content (AvgIpc) is 3.95. The first kappa shape index (κ1) is 33.1. The highest BCUT2D eigenvalue weighted by atomic mass is 32.2. The minimum atomic E-state index is -0.638. The molecule has 9 aromatic rings. The van der Waals surface area contributed by atoms with E-state index < -0.39 is 10.8 Å². The Kier molecular flexibility index (Phi) is 6.21. The Morgan fingerprint density at radius 1 is 0.367 bits per heavy atom. The summed E-state index contributed by atoms with van der Waals surface area (Å²) < 4.78 is 0. The second kappa shape index (κ2) is 11.3. The Morgan fingerprint density at radius 3 is 1.62 bits per heavy atom. The van der Waals surface area contributed by atoms with Gasteiger partial charge in [0.05, 0.1) is 22.2 Å². The molecule has 280 valence electrons. The van der Waals surface area contributed by atoms with Crippen LogP contribution >= 0.6 is 11.8 Å². The number of hydrogen-bond acceptors (Lipinski definition) is 3. The molecule has 0 bridgehead atoms. The molecule has 3 heteroatoms. The SMILES string of the molecule is CC1(C)c2ccccc2-c2cccc(-c3cnc4c(c3)C3(c5ccccc5Sc5cc6c(cc53)-c3ccccc3C63c5ccccc5-c5ccccc53)c3cccnc3-4)c21. The van der Waals surface area contributed by atoms with Gasteiger partial charge in [-0.2, -0.15) is 0 Å². The molecule has 2 aromatic heterocycles. The monoisotopic (exact) mass is 780 g/mol. The van der Waals surface area contributed by atoms with E-state index in [0.717, 1.165) is 17.0 Å². The lowest BCUT2D eigenvalue weighted by atomic mass is 9.66. The summed E-state index contributed by atoms with van der Waals surface area (Å²) in [6, 6.07) is 64.2. The molecular weight excluding hydrogens is 745 g/mol. The topological polar surface area (TPSA) is 25.8 Å². The van der Waals surface area contributed by atoms with Crippen LogP contribution in [0, 0.1) is 0 Å². The predicted octanol–water partition coefficient (Wildman–Crippen LogP) is 13.6. The third-order valence-corrected chi connectivity index (χ3v) is 15.8. The molecule has 5 aliphatic rings. The van der Waals surface area contributed by atoms with Crippen LogP contribution in [0.5, 0.6) is 0 Å². The van der Waals surface area contributed by atoms with Crippen LogP contribution in [0.4, 0.5) is 0 Å². The van der Waals surface area contributed by atoms with Crippen LogP contribution in [0.15, 0.2) is 192 Å². The van der Waals surface area contributed by atoms with E-state index in [1.165, 1.54) is 104 Å². The largest absolute Gasteiger partial charge is 0.254 e. The maximum atomic E-state index is 5.44. The Balaban J connectivity index is 1.08. The molecule has 3 heterocycles. The molecule has 2 spiro atoms. The number of aromatic nitrogens is 2. The van der Waals surface area contributed by atoms with Gasteiger partial charge in [0.15, 0.2) is 0 Å². The molecule has 60 heavy (non-hydrogen) atoms. The fourth-order valence-electron chi connectivity index (χ4n) is 12.4. The van der Waals surface area contributed by atoms with Gasteiger partial charge in [-0.15, -0.1) is 0 Å². The second-order valence-corrected chi connectivity index (χ2v) is 18.6. The van der Waals surface area contributed by atoms with Crippen LogP contribution in [-0.2, 0) is 16.2 Å². The zero-order chi connectivity index (χ0) is 39.5. The summed E-state index contributed by atoms with van der Waals surface area (Å²) in [5.74, 6) is 0. The van der Waals surface area contributed by atoms with Gasteiger partial charge < -0.3 is 0 Å². The van der Waals surface area contributed by atoms with Gasteiger partial charge >= 0.3 is 0 Å². The Bertz CT molecular complexity index is 3360. The standard InChI is InChI=1S/C57H36N2S/c1-55(2)41-21-7-3-17-37(41)39-20-13-19-34(52(39)55)33-29-49-54(59-32-33)53-46(26-14-28-58-53)57(49)45-25-11-12-27-50(45)60-51-31-47-40(30-48(51)57)38-18-6-10-24-44(38)56(47)42-22-8-4-15-35(42)36-16-5-9-23-43(36)56/h3-32H,1-2H3. The van der Waals surface area contributed by atoms with Crippen molar-refractivity contribution in [2.75, 3.05) is 0 Å². The third-order valence-electron chi connectivity index (χ3n) is 14.6. The van der Waals surface area contributed by atoms with Crippen molar-refractivity contribution in [1.29, 1.82) is 0 Å². The zero-order valence-corrected chi connectivity index (χ0v) is 33.9. The smallest absolute Gasteiger partial charge is 0.0937 e. The first-order valence-electron chi connectivity index (χ1n) is 21.0. The van der Waals surface area contributed by atoms with Crippen molar-refractivity contribution in [3.05, 3.63) is 238 Å². The van der Waals surface area contributed by atoms with E-state index in [1.54, 1.807) is 0 Å². The van der Waals surface area contributed by atoms with Crippen molar-refractivity contribution in [2.24, 2.45) is 0 Å². The van der Waals surface area contributed by atoms with Crippen LogP contribution in [0.1, 0.15) is 69.5 Å². The van der Waals surface area contributed by atoms with E-state index >= 15 is 0 Å². The Labute approximate surface area is 353 Å². The maximum absolute atomic E-state index is 5.44. The average molecular weight is 781 g/mol. The van der Waals surface area contributed by atoms with Gasteiger partial charge in [0, 0.05) is 38.7 Å². The van der Waals surface area contributed by atoms with Crippen molar-refractivity contribution in [1.82, 2.24) is 9.97 Å². The zero-order valence-electron chi connectivity index (χ0n) is 33.1. The van der Waals surface area contributed by atoms with Gasteiger partial charge in [0.25, 0.3) is 0 Å². The molecular formula is C57H36N2S. The third kappa shape index (κ3) is 3.72. The molecule has 0 radical (unpaired) electrons. The normalized spacial score (nSPS) is 17.8. The molecule has 2 nitrogen and oxygen atoms in total. The van der Waals surface area contributed by atoms with Crippen LogP contribution in [0.2, 0.25) is 0 Å². The van der Waals surface area contributed by atoms with Crippen molar-refractivity contribution in [2.45, 2.75) is 39.9 Å². The summed E-state index contributed by atoms with van der Waals surface area (Å²) in [5, 5.41) is 0. The molecule has 0 saturated carbocycles. The van der Waals surface area contributed by atoms with Crippen molar-refractivity contribution in [3.63, 3.8) is 0 Å². The van der Waals surface area contributed by atoms with E-state index in [9.17, 15) is 0 Å². The lowest BCUT2D eigenvalue weighted by molar-refractivity contribution is 0.662. The first-order valence-corrected chi connectivity index (χ1v) is 21.8. The number of benzene rings is 7. The van der Waals surface area contributed by atoms with E-state index in [2.05, 4.69) is 190 Å². The van der Waals surface area contributed by atoms with Gasteiger partial charge in [-0.3, -0.25) is 9.97 Å². The van der Waals surface area contributed by atoms with Gasteiger partial charge in [0.1, 0.15) is 0 Å². The highest BCUT2D eigenvalue weighted by Crippen LogP contribution is 2.67. The van der Waals surface area contributed by atoms with E-state index in [4.69, 9.17) is 9.97 Å². The molecule has 1 atom stereocenters. The number of pyridine rings is 2. The molecule has 0 saturated heterocycles. The predicted molar refractivity (Wildman–Crippen MR) is 243 cm³/mol. The molecule has 14 rings (SSSR count). The van der Waals surface area contributed by atoms with E-state index in [-0.39, 0.29) is 5.41 Å². The highest BCUT2D eigenvalue weighted by molar-refractivity contribution is 7.99. The molecule has 1 unspecified atom stereocenters. The molecule has 0 N–H and O–H groups in total.